The minimum atomic E-state index is -0.403. The van der Waals surface area contributed by atoms with Crippen LogP contribution in [0, 0.1) is 6.92 Å². The molecule has 4 aromatic rings. The van der Waals surface area contributed by atoms with Gasteiger partial charge in [0.25, 0.3) is 5.91 Å². The van der Waals surface area contributed by atoms with Crippen molar-refractivity contribution in [3.05, 3.63) is 82.9 Å². The summed E-state index contributed by atoms with van der Waals surface area (Å²) >= 11 is 0. The van der Waals surface area contributed by atoms with Gasteiger partial charge in [-0.3, -0.25) is 9.48 Å². The van der Waals surface area contributed by atoms with E-state index in [1.54, 1.807) is 10.9 Å². The van der Waals surface area contributed by atoms with Gasteiger partial charge in [-0.25, -0.2) is 9.48 Å². The SMILES string of the molecule is CCCC1CCCCN1C(=O)c1cccc(-c2cc(C)cc(-n3ncc(C(=O)OC)c3[C@H]3C[C@@H]3c3cn(C)nn3)c2)c1. The van der Waals surface area contributed by atoms with E-state index in [-0.39, 0.29) is 17.7 Å². The molecule has 0 N–H and O–H groups in total. The summed E-state index contributed by atoms with van der Waals surface area (Å²) in [6, 6.07) is 14.5. The van der Waals surface area contributed by atoms with Gasteiger partial charge >= 0.3 is 5.97 Å². The molecular formula is C33H38N6O3. The van der Waals surface area contributed by atoms with E-state index in [2.05, 4.69) is 52.4 Å². The Labute approximate surface area is 246 Å². The van der Waals surface area contributed by atoms with Crippen LogP contribution in [-0.2, 0) is 11.8 Å². The maximum absolute atomic E-state index is 13.7. The molecule has 0 spiro atoms. The van der Waals surface area contributed by atoms with Crippen LogP contribution in [-0.4, -0.2) is 61.2 Å². The lowest BCUT2D eigenvalue weighted by Crippen LogP contribution is -2.43. The summed E-state index contributed by atoms with van der Waals surface area (Å²) in [7, 11) is 3.24. The highest BCUT2D eigenvalue weighted by atomic mass is 16.5. The van der Waals surface area contributed by atoms with Gasteiger partial charge in [0.05, 0.1) is 30.4 Å². The van der Waals surface area contributed by atoms with E-state index in [4.69, 9.17) is 4.74 Å². The fraction of sp³-hybridized carbons (Fsp3) is 0.424. The summed E-state index contributed by atoms with van der Waals surface area (Å²) in [5.74, 6) is -0.0531. The second kappa shape index (κ2) is 11.5. The number of nitrogens with zero attached hydrogens (tertiary/aromatic N) is 6. The lowest BCUT2D eigenvalue weighted by molar-refractivity contribution is 0.0592. The van der Waals surface area contributed by atoms with Crippen LogP contribution < -0.4 is 0 Å². The number of hydrogen-bond donors (Lipinski definition) is 0. The third-order valence-corrected chi connectivity index (χ3v) is 8.61. The van der Waals surface area contributed by atoms with Crippen molar-refractivity contribution in [3.63, 3.8) is 0 Å². The molecule has 9 heteroatoms. The van der Waals surface area contributed by atoms with Gasteiger partial charge in [-0.15, -0.1) is 5.10 Å². The molecule has 1 unspecified atom stereocenters. The summed E-state index contributed by atoms with van der Waals surface area (Å²) in [6.45, 7) is 5.06. The van der Waals surface area contributed by atoms with Crippen molar-refractivity contribution in [1.82, 2.24) is 29.7 Å². The van der Waals surface area contributed by atoms with Gasteiger partial charge in [0.1, 0.15) is 5.56 Å². The van der Waals surface area contributed by atoms with Gasteiger partial charge in [0.2, 0.25) is 0 Å². The van der Waals surface area contributed by atoms with Crippen molar-refractivity contribution < 1.29 is 14.3 Å². The van der Waals surface area contributed by atoms with E-state index < -0.39 is 5.97 Å². The fourth-order valence-corrected chi connectivity index (χ4v) is 6.50. The number of ether oxygens (including phenoxy) is 1. The lowest BCUT2D eigenvalue weighted by atomic mass is 9.96. The van der Waals surface area contributed by atoms with Crippen LogP contribution in [0.25, 0.3) is 16.8 Å². The van der Waals surface area contributed by atoms with Crippen LogP contribution in [0.1, 0.15) is 95.0 Å². The van der Waals surface area contributed by atoms with Crippen molar-refractivity contribution in [3.8, 4) is 16.8 Å². The Hall–Kier alpha value is -4.27. The summed E-state index contributed by atoms with van der Waals surface area (Å²) in [5.41, 5.74) is 6.80. The predicted octanol–water partition coefficient (Wildman–Crippen LogP) is 5.83. The van der Waals surface area contributed by atoms with Crippen molar-refractivity contribution in [2.75, 3.05) is 13.7 Å². The third kappa shape index (κ3) is 5.35. The molecule has 3 atom stereocenters. The summed E-state index contributed by atoms with van der Waals surface area (Å²) in [4.78, 5) is 28.5. The summed E-state index contributed by atoms with van der Waals surface area (Å²) in [5, 5.41) is 13.1. The lowest BCUT2D eigenvalue weighted by Gasteiger charge is -2.36. The molecule has 218 valence electrons. The van der Waals surface area contributed by atoms with Gasteiger partial charge in [-0.1, -0.05) is 36.8 Å². The highest BCUT2D eigenvalue weighted by Crippen LogP contribution is 2.55. The van der Waals surface area contributed by atoms with E-state index in [1.807, 2.05) is 42.2 Å². The van der Waals surface area contributed by atoms with Crippen LogP contribution >= 0.6 is 0 Å². The number of aryl methyl sites for hydroxylation is 2. The van der Waals surface area contributed by atoms with E-state index in [9.17, 15) is 9.59 Å². The number of carbonyl (C=O) groups is 2. The van der Waals surface area contributed by atoms with Crippen LogP contribution in [0.3, 0.4) is 0 Å². The number of benzene rings is 2. The van der Waals surface area contributed by atoms with Crippen molar-refractivity contribution in [2.24, 2.45) is 7.05 Å². The highest BCUT2D eigenvalue weighted by molar-refractivity contribution is 5.96. The Balaban J connectivity index is 1.35. The zero-order valence-corrected chi connectivity index (χ0v) is 24.8. The minimum Gasteiger partial charge on any atom is -0.465 e. The molecule has 6 rings (SSSR count). The topological polar surface area (TPSA) is 95.1 Å². The molecule has 3 heterocycles. The first-order chi connectivity index (χ1) is 20.4. The number of methoxy groups -OCH3 is 1. The average molecular weight is 567 g/mol. The summed E-state index contributed by atoms with van der Waals surface area (Å²) in [6.07, 6.45) is 9.83. The second-order valence-electron chi connectivity index (χ2n) is 11.7. The van der Waals surface area contributed by atoms with Gasteiger partial charge in [0.15, 0.2) is 0 Å². The van der Waals surface area contributed by atoms with Crippen molar-refractivity contribution in [2.45, 2.75) is 70.3 Å². The molecule has 1 aliphatic heterocycles. The van der Waals surface area contributed by atoms with Crippen molar-refractivity contribution >= 4 is 11.9 Å². The number of hydrogen-bond acceptors (Lipinski definition) is 6. The van der Waals surface area contributed by atoms with Crippen molar-refractivity contribution in [1.29, 1.82) is 0 Å². The Bertz CT molecular complexity index is 1620. The largest absolute Gasteiger partial charge is 0.465 e. The number of likely N-dealkylation sites (tertiary alicyclic amines) is 1. The molecule has 0 bridgehead atoms. The number of rotatable bonds is 8. The Morgan fingerprint density at radius 3 is 2.69 bits per heavy atom. The molecule has 1 amide bonds. The minimum absolute atomic E-state index is 0.0730. The van der Waals surface area contributed by atoms with Gasteiger partial charge < -0.3 is 9.64 Å². The van der Waals surface area contributed by atoms with E-state index in [1.165, 1.54) is 13.5 Å². The molecule has 1 aliphatic carbocycles. The Morgan fingerprint density at radius 2 is 1.93 bits per heavy atom. The maximum Gasteiger partial charge on any atom is 0.341 e. The molecule has 2 fully saturated rings. The normalized spacial score (nSPS) is 20.0. The second-order valence-corrected chi connectivity index (χ2v) is 11.7. The van der Waals surface area contributed by atoms with Crippen LogP contribution in [0.5, 0.6) is 0 Å². The number of amides is 1. The monoisotopic (exact) mass is 566 g/mol. The Morgan fingerprint density at radius 1 is 1.07 bits per heavy atom. The van der Waals surface area contributed by atoms with E-state index >= 15 is 0 Å². The molecule has 1 saturated heterocycles. The number of piperidine rings is 1. The first-order valence-corrected chi connectivity index (χ1v) is 14.9. The quantitative estimate of drug-likeness (QED) is 0.249. The number of esters is 1. The summed E-state index contributed by atoms with van der Waals surface area (Å²) < 4.78 is 8.68. The smallest absolute Gasteiger partial charge is 0.341 e. The zero-order chi connectivity index (χ0) is 29.4. The molecule has 2 aromatic carbocycles. The molecule has 9 nitrogen and oxygen atoms in total. The molecule has 42 heavy (non-hydrogen) atoms. The van der Waals surface area contributed by atoms with Gasteiger partial charge in [-0.05, 0) is 80.0 Å². The number of carbonyl (C=O) groups excluding carboxylic acids is 2. The molecule has 0 radical (unpaired) electrons. The third-order valence-electron chi connectivity index (χ3n) is 8.61. The van der Waals surface area contributed by atoms with Crippen LogP contribution in [0.15, 0.2) is 54.9 Å². The number of aromatic nitrogens is 5. The predicted molar refractivity (Wildman–Crippen MR) is 160 cm³/mol. The Kier molecular flexibility index (Phi) is 7.66. The highest BCUT2D eigenvalue weighted by Gasteiger charge is 2.46. The first-order valence-electron chi connectivity index (χ1n) is 14.9. The van der Waals surface area contributed by atoms with E-state index in [0.29, 0.717) is 11.6 Å². The fourth-order valence-electron chi connectivity index (χ4n) is 6.50. The zero-order valence-electron chi connectivity index (χ0n) is 24.8. The van der Waals surface area contributed by atoms with E-state index in [0.717, 1.165) is 78.0 Å². The van der Waals surface area contributed by atoms with Crippen LogP contribution in [0.2, 0.25) is 0 Å². The molecule has 2 aliphatic rings. The molecule has 2 aromatic heterocycles. The maximum atomic E-state index is 13.7. The van der Waals surface area contributed by atoms with Gasteiger partial charge in [-0.2, -0.15) is 5.10 Å². The molecular weight excluding hydrogens is 528 g/mol. The molecule has 1 saturated carbocycles. The average Bonchev–Trinajstić information content (AvgIpc) is 3.45. The van der Waals surface area contributed by atoms with Crippen LogP contribution in [0.4, 0.5) is 0 Å². The standard InChI is InChI=1S/C33H38N6O3/c1-5-9-25-12-6-7-13-38(25)32(40)23-11-8-10-22(16-23)24-14-21(2)15-26(17-24)39-31(29(19-34-39)33(41)42-4)28-18-27(28)30-20-37(3)36-35-30/h8,10-11,14-17,19-20,25,27-28H,5-7,9,12-13,18H2,1-4H3/t25?,27-,28-/m0/s1. The first kappa shape index (κ1) is 27.9. The van der Waals surface area contributed by atoms with Gasteiger partial charge in [0, 0.05) is 43.2 Å².